The molecule has 3 rings (SSSR count). The molecule has 5 heteroatoms. The van der Waals surface area contributed by atoms with Crippen LogP contribution in [0, 0.1) is 0 Å². The molecular formula is C12H15N3O2. The van der Waals surface area contributed by atoms with Crippen LogP contribution in [0.2, 0.25) is 0 Å². The van der Waals surface area contributed by atoms with Gasteiger partial charge < -0.3 is 10.1 Å². The van der Waals surface area contributed by atoms with Crippen LogP contribution in [0.4, 0.5) is 0 Å². The van der Waals surface area contributed by atoms with E-state index in [2.05, 4.69) is 10.3 Å². The molecule has 3 N–H and O–H groups in total. The SMILES string of the molecule is O=c1[nH]c2ccc(O)cc2n1C1CCCCN1. The summed E-state index contributed by atoms with van der Waals surface area (Å²) in [5.74, 6) is 0.182. The maximum Gasteiger partial charge on any atom is 0.327 e. The Morgan fingerprint density at radius 2 is 2.24 bits per heavy atom. The second kappa shape index (κ2) is 3.92. The van der Waals surface area contributed by atoms with Crippen molar-refractivity contribution in [2.45, 2.75) is 25.4 Å². The number of hydrogen-bond donors (Lipinski definition) is 3. The van der Waals surface area contributed by atoms with Crippen LogP contribution in [0.5, 0.6) is 5.75 Å². The molecule has 1 aliphatic heterocycles. The highest BCUT2D eigenvalue weighted by Crippen LogP contribution is 2.22. The number of aromatic amines is 1. The number of benzene rings is 1. The van der Waals surface area contributed by atoms with E-state index in [1.807, 2.05) is 0 Å². The number of fused-ring (bicyclic) bond motifs is 1. The van der Waals surface area contributed by atoms with Crippen molar-refractivity contribution < 1.29 is 5.11 Å². The number of phenols is 1. The molecule has 1 saturated heterocycles. The molecule has 0 amide bonds. The molecule has 0 bridgehead atoms. The van der Waals surface area contributed by atoms with Crippen molar-refractivity contribution >= 4 is 11.0 Å². The number of hydrogen-bond acceptors (Lipinski definition) is 3. The zero-order valence-electron chi connectivity index (χ0n) is 9.44. The average molecular weight is 233 g/mol. The number of aromatic hydroxyl groups is 1. The number of nitrogens with one attached hydrogen (secondary N) is 2. The Labute approximate surface area is 98.1 Å². The normalized spacial score (nSPS) is 20.8. The first kappa shape index (κ1) is 10.4. The first-order chi connectivity index (χ1) is 8.25. The van der Waals surface area contributed by atoms with E-state index in [-0.39, 0.29) is 17.6 Å². The molecule has 1 fully saturated rings. The van der Waals surface area contributed by atoms with Gasteiger partial charge in [0.2, 0.25) is 0 Å². The molecule has 2 heterocycles. The zero-order valence-corrected chi connectivity index (χ0v) is 9.44. The molecule has 1 atom stereocenters. The number of piperidine rings is 1. The Morgan fingerprint density at radius 1 is 1.35 bits per heavy atom. The van der Waals surface area contributed by atoms with E-state index in [1.54, 1.807) is 22.8 Å². The lowest BCUT2D eigenvalue weighted by molar-refractivity contribution is 0.321. The van der Waals surface area contributed by atoms with Gasteiger partial charge >= 0.3 is 5.69 Å². The maximum atomic E-state index is 11.9. The Morgan fingerprint density at radius 3 is 3.00 bits per heavy atom. The van der Waals surface area contributed by atoms with E-state index in [9.17, 15) is 9.90 Å². The van der Waals surface area contributed by atoms with Crippen LogP contribution in [0.1, 0.15) is 25.4 Å². The third kappa shape index (κ3) is 1.72. The molecule has 1 aromatic carbocycles. The Hall–Kier alpha value is -1.75. The molecule has 1 unspecified atom stereocenters. The lowest BCUT2D eigenvalue weighted by atomic mass is 10.1. The predicted octanol–water partition coefficient (Wildman–Crippen LogP) is 1.31. The van der Waals surface area contributed by atoms with Crippen LogP contribution in [0.3, 0.4) is 0 Å². The van der Waals surface area contributed by atoms with Gasteiger partial charge in [0.15, 0.2) is 0 Å². The second-order valence-corrected chi connectivity index (χ2v) is 4.47. The van der Waals surface area contributed by atoms with Crippen molar-refractivity contribution in [3.8, 4) is 5.75 Å². The number of aromatic nitrogens is 2. The van der Waals surface area contributed by atoms with E-state index in [0.29, 0.717) is 0 Å². The van der Waals surface area contributed by atoms with Gasteiger partial charge in [0.1, 0.15) is 5.75 Å². The molecule has 1 aliphatic rings. The molecule has 0 radical (unpaired) electrons. The van der Waals surface area contributed by atoms with Gasteiger partial charge in [0.05, 0.1) is 17.2 Å². The Bertz CT molecular complexity index is 593. The van der Waals surface area contributed by atoms with E-state index in [1.165, 1.54) is 0 Å². The topological polar surface area (TPSA) is 70.0 Å². The van der Waals surface area contributed by atoms with Crippen LogP contribution < -0.4 is 11.0 Å². The fourth-order valence-electron chi connectivity index (χ4n) is 2.47. The van der Waals surface area contributed by atoms with Gasteiger partial charge in [-0.3, -0.25) is 9.88 Å². The van der Waals surface area contributed by atoms with Gasteiger partial charge in [-0.2, -0.15) is 0 Å². The molecule has 0 spiro atoms. The highest BCUT2D eigenvalue weighted by molar-refractivity contribution is 5.77. The minimum absolute atomic E-state index is 0.0341. The Kier molecular flexibility index (Phi) is 2.40. The average Bonchev–Trinajstić information content (AvgIpc) is 2.65. The molecule has 1 aromatic heterocycles. The summed E-state index contributed by atoms with van der Waals surface area (Å²) in [5, 5.41) is 12.8. The smallest absolute Gasteiger partial charge is 0.327 e. The van der Waals surface area contributed by atoms with Crippen molar-refractivity contribution in [3.63, 3.8) is 0 Å². The summed E-state index contributed by atoms with van der Waals surface area (Å²) < 4.78 is 1.70. The molecule has 17 heavy (non-hydrogen) atoms. The third-order valence-electron chi connectivity index (χ3n) is 3.30. The van der Waals surface area contributed by atoms with Gasteiger partial charge in [0, 0.05) is 6.07 Å². The summed E-state index contributed by atoms with van der Waals surface area (Å²) >= 11 is 0. The van der Waals surface area contributed by atoms with Crippen molar-refractivity contribution in [2.75, 3.05) is 6.54 Å². The van der Waals surface area contributed by atoms with Crippen LogP contribution in [-0.2, 0) is 0 Å². The summed E-state index contributed by atoms with van der Waals surface area (Å²) in [6.07, 6.45) is 3.25. The fourth-order valence-corrected chi connectivity index (χ4v) is 2.47. The van der Waals surface area contributed by atoms with E-state index < -0.39 is 0 Å². The van der Waals surface area contributed by atoms with Crippen molar-refractivity contribution in [2.24, 2.45) is 0 Å². The summed E-state index contributed by atoms with van der Waals surface area (Å²) in [6, 6.07) is 4.94. The predicted molar refractivity (Wildman–Crippen MR) is 65.1 cm³/mol. The monoisotopic (exact) mass is 233 g/mol. The highest BCUT2D eigenvalue weighted by atomic mass is 16.3. The summed E-state index contributed by atoms with van der Waals surface area (Å²) in [4.78, 5) is 14.7. The van der Waals surface area contributed by atoms with Crippen LogP contribution in [0.25, 0.3) is 11.0 Å². The zero-order chi connectivity index (χ0) is 11.8. The first-order valence-electron chi connectivity index (χ1n) is 5.92. The number of imidazole rings is 1. The van der Waals surface area contributed by atoms with Gasteiger partial charge in [-0.1, -0.05) is 0 Å². The van der Waals surface area contributed by atoms with Crippen LogP contribution in [0.15, 0.2) is 23.0 Å². The van der Waals surface area contributed by atoms with Gasteiger partial charge in [-0.15, -0.1) is 0 Å². The van der Waals surface area contributed by atoms with Crippen LogP contribution in [-0.4, -0.2) is 21.2 Å². The fraction of sp³-hybridized carbons (Fsp3) is 0.417. The number of rotatable bonds is 1. The number of H-pyrrole nitrogens is 1. The molecule has 0 saturated carbocycles. The van der Waals surface area contributed by atoms with E-state index >= 15 is 0 Å². The Balaban J connectivity index is 2.16. The lowest BCUT2D eigenvalue weighted by Gasteiger charge is -2.24. The highest BCUT2D eigenvalue weighted by Gasteiger charge is 2.19. The van der Waals surface area contributed by atoms with E-state index in [4.69, 9.17) is 0 Å². The molecule has 90 valence electrons. The standard InChI is InChI=1S/C12H15N3O2/c16-8-4-5-9-10(7-8)15(12(17)14-9)11-3-1-2-6-13-11/h4-5,7,11,13,16H,1-3,6H2,(H,14,17). The van der Waals surface area contributed by atoms with E-state index in [0.717, 1.165) is 36.8 Å². The van der Waals surface area contributed by atoms with Gasteiger partial charge in [0.25, 0.3) is 0 Å². The van der Waals surface area contributed by atoms with Crippen molar-refractivity contribution in [1.29, 1.82) is 0 Å². The first-order valence-corrected chi connectivity index (χ1v) is 5.92. The molecule has 0 aliphatic carbocycles. The van der Waals surface area contributed by atoms with Crippen LogP contribution >= 0.6 is 0 Å². The molecular weight excluding hydrogens is 218 g/mol. The van der Waals surface area contributed by atoms with Gasteiger partial charge in [-0.05, 0) is 37.9 Å². The number of phenolic OH excluding ortho intramolecular Hbond substituents is 1. The molecule has 5 nitrogen and oxygen atoms in total. The van der Waals surface area contributed by atoms with Crippen molar-refractivity contribution in [3.05, 3.63) is 28.7 Å². The number of nitrogens with zero attached hydrogens (tertiary/aromatic N) is 1. The molecule has 2 aromatic rings. The second-order valence-electron chi connectivity index (χ2n) is 4.47. The largest absolute Gasteiger partial charge is 0.508 e. The third-order valence-corrected chi connectivity index (χ3v) is 3.30. The minimum Gasteiger partial charge on any atom is -0.508 e. The minimum atomic E-state index is -0.120. The van der Waals surface area contributed by atoms with Gasteiger partial charge in [-0.25, -0.2) is 4.79 Å². The summed E-state index contributed by atoms with van der Waals surface area (Å²) in [5.41, 5.74) is 1.40. The van der Waals surface area contributed by atoms with Crippen molar-refractivity contribution in [1.82, 2.24) is 14.9 Å². The lowest BCUT2D eigenvalue weighted by Crippen LogP contribution is -2.36. The summed E-state index contributed by atoms with van der Waals surface area (Å²) in [7, 11) is 0. The maximum absolute atomic E-state index is 11.9. The summed E-state index contributed by atoms with van der Waals surface area (Å²) in [6.45, 7) is 0.933. The quantitative estimate of drug-likeness (QED) is 0.695.